The molecule has 188 valence electrons. The number of benzene rings is 2. The van der Waals surface area contributed by atoms with E-state index in [4.69, 9.17) is 4.74 Å². The molecule has 0 saturated heterocycles. The van der Waals surface area contributed by atoms with E-state index in [9.17, 15) is 9.59 Å². The van der Waals surface area contributed by atoms with Gasteiger partial charge in [-0.25, -0.2) is 0 Å². The minimum Gasteiger partial charge on any atom is -0.494 e. The summed E-state index contributed by atoms with van der Waals surface area (Å²) in [4.78, 5) is 33.3. The van der Waals surface area contributed by atoms with E-state index in [1.807, 2.05) is 68.3 Å². The van der Waals surface area contributed by atoms with Gasteiger partial charge in [0.25, 0.3) is 0 Å². The highest BCUT2D eigenvalue weighted by Crippen LogP contribution is 2.20. The van der Waals surface area contributed by atoms with Gasteiger partial charge in [0.05, 0.1) is 13.2 Å². The van der Waals surface area contributed by atoms with Crippen molar-refractivity contribution in [2.45, 2.75) is 53.5 Å². The molecule has 0 unspecified atom stereocenters. The number of ether oxygens (including phenoxy) is 1. The second kappa shape index (κ2) is 13.0. The Bertz CT molecular complexity index is 1090. The van der Waals surface area contributed by atoms with Crippen LogP contribution in [-0.2, 0) is 22.6 Å². The molecule has 0 aliphatic rings. The second-order valence-corrected chi connectivity index (χ2v) is 9.27. The molecule has 0 bridgehead atoms. The number of aromatic amines is 1. The Morgan fingerprint density at radius 1 is 0.971 bits per heavy atom. The summed E-state index contributed by atoms with van der Waals surface area (Å²) in [5.41, 5.74) is 3.32. The predicted octanol–water partition coefficient (Wildman–Crippen LogP) is 5.42. The molecule has 0 atom stereocenters. The van der Waals surface area contributed by atoms with Crippen molar-refractivity contribution in [2.24, 2.45) is 5.92 Å². The standard InChI is InChI=1S/C29H39N3O3/c1-5-7-17-32(29(34)22(3)4)21-28(33)31(20-23-12-14-25(15-13-23)35-6-2)18-16-24-19-30-27-11-9-8-10-26(24)27/h8-15,19,22,30H,5-7,16-18,20-21H2,1-4H3. The number of nitrogens with zero attached hydrogens (tertiary/aromatic N) is 2. The van der Waals surface area contributed by atoms with Crippen LogP contribution in [-0.4, -0.2) is 52.8 Å². The molecule has 0 fully saturated rings. The molecule has 0 saturated carbocycles. The summed E-state index contributed by atoms with van der Waals surface area (Å²) in [5.74, 6) is 0.694. The Morgan fingerprint density at radius 2 is 1.71 bits per heavy atom. The third-order valence-electron chi connectivity index (χ3n) is 6.20. The Labute approximate surface area is 209 Å². The summed E-state index contributed by atoms with van der Waals surface area (Å²) in [7, 11) is 0. The fraction of sp³-hybridized carbons (Fsp3) is 0.448. The molecule has 3 aromatic rings. The van der Waals surface area contributed by atoms with Gasteiger partial charge in [-0.3, -0.25) is 9.59 Å². The second-order valence-electron chi connectivity index (χ2n) is 9.27. The largest absolute Gasteiger partial charge is 0.494 e. The van der Waals surface area contributed by atoms with Gasteiger partial charge in [-0.2, -0.15) is 0 Å². The number of carbonyl (C=O) groups is 2. The molecule has 1 N–H and O–H groups in total. The van der Waals surface area contributed by atoms with E-state index in [1.54, 1.807) is 4.90 Å². The van der Waals surface area contributed by atoms with Gasteiger partial charge in [0, 0.05) is 42.7 Å². The Morgan fingerprint density at radius 3 is 2.40 bits per heavy atom. The van der Waals surface area contributed by atoms with Gasteiger partial charge in [-0.15, -0.1) is 0 Å². The van der Waals surface area contributed by atoms with E-state index in [2.05, 4.69) is 24.0 Å². The summed E-state index contributed by atoms with van der Waals surface area (Å²) in [5, 5.41) is 1.18. The van der Waals surface area contributed by atoms with Crippen LogP contribution in [0, 0.1) is 5.92 Å². The number of H-pyrrole nitrogens is 1. The van der Waals surface area contributed by atoms with Crippen LogP contribution in [0.25, 0.3) is 10.9 Å². The summed E-state index contributed by atoms with van der Waals surface area (Å²) in [6.45, 7) is 10.2. The van der Waals surface area contributed by atoms with Gasteiger partial charge < -0.3 is 19.5 Å². The topological polar surface area (TPSA) is 65.6 Å². The van der Waals surface area contributed by atoms with Gasteiger partial charge in [0.15, 0.2) is 0 Å². The predicted molar refractivity (Wildman–Crippen MR) is 141 cm³/mol. The first kappa shape index (κ1) is 26.3. The lowest BCUT2D eigenvalue weighted by molar-refractivity contribution is -0.142. The van der Waals surface area contributed by atoms with E-state index < -0.39 is 0 Å². The molecule has 0 aliphatic heterocycles. The van der Waals surface area contributed by atoms with E-state index in [0.717, 1.165) is 36.1 Å². The number of para-hydroxylation sites is 1. The Kier molecular flexibility index (Phi) is 9.76. The molecule has 1 heterocycles. The maximum absolute atomic E-state index is 13.5. The molecular formula is C29H39N3O3. The number of hydrogen-bond acceptors (Lipinski definition) is 3. The first-order valence-corrected chi connectivity index (χ1v) is 12.8. The van der Waals surface area contributed by atoms with Crippen molar-refractivity contribution in [1.82, 2.24) is 14.8 Å². The van der Waals surface area contributed by atoms with E-state index >= 15 is 0 Å². The van der Waals surface area contributed by atoms with Gasteiger partial charge in [0.2, 0.25) is 11.8 Å². The number of amides is 2. The molecule has 6 nitrogen and oxygen atoms in total. The van der Waals surface area contributed by atoms with Crippen molar-refractivity contribution >= 4 is 22.7 Å². The van der Waals surface area contributed by atoms with Gasteiger partial charge >= 0.3 is 0 Å². The van der Waals surface area contributed by atoms with Crippen LogP contribution in [0.3, 0.4) is 0 Å². The Balaban J connectivity index is 1.78. The minimum absolute atomic E-state index is 0.0242. The highest BCUT2D eigenvalue weighted by Gasteiger charge is 2.23. The first-order valence-electron chi connectivity index (χ1n) is 12.8. The zero-order valence-corrected chi connectivity index (χ0v) is 21.5. The van der Waals surface area contributed by atoms with Crippen molar-refractivity contribution in [3.63, 3.8) is 0 Å². The van der Waals surface area contributed by atoms with E-state index in [1.165, 1.54) is 10.9 Å². The molecular weight excluding hydrogens is 438 g/mol. The van der Waals surface area contributed by atoms with Crippen LogP contribution >= 0.6 is 0 Å². The summed E-state index contributed by atoms with van der Waals surface area (Å²) < 4.78 is 5.56. The number of aromatic nitrogens is 1. The number of hydrogen-bond donors (Lipinski definition) is 1. The number of carbonyl (C=O) groups excluding carboxylic acids is 2. The molecule has 0 radical (unpaired) electrons. The SMILES string of the molecule is CCCCN(CC(=O)N(CCc1c[nH]c2ccccc12)Cc1ccc(OCC)cc1)C(=O)C(C)C. The van der Waals surface area contributed by atoms with Crippen LogP contribution in [0.4, 0.5) is 0 Å². The maximum atomic E-state index is 13.5. The zero-order chi connectivity index (χ0) is 25.2. The fourth-order valence-electron chi connectivity index (χ4n) is 4.21. The molecule has 35 heavy (non-hydrogen) atoms. The van der Waals surface area contributed by atoms with Crippen molar-refractivity contribution in [3.8, 4) is 5.75 Å². The highest BCUT2D eigenvalue weighted by atomic mass is 16.5. The van der Waals surface area contributed by atoms with Crippen LogP contribution in [0.2, 0.25) is 0 Å². The maximum Gasteiger partial charge on any atom is 0.242 e. The highest BCUT2D eigenvalue weighted by molar-refractivity contribution is 5.86. The minimum atomic E-state index is -0.134. The van der Waals surface area contributed by atoms with Crippen LogP contribution in [0.1, 0.15) is 51.7 Å². The number of rotatable bonds is 13. The van der Waals surface area contributed by atoms with E-state index in [0.29, 0.717) is 26.2 Å². The molecule has 6 heteroatoms. The van der Waals surface area contributed by atoms with Crippen LogP contribution < -0.4 is 4.74 Å². The van der Waals surface area contributed by atoms with Gasteiger partial charge in [-0.1, -0.05) is 57.5 Å². The van der Waals surface area contributed by atoms with Crippen LogP contribution in [0.5, 0.6) is 5.75 Å². The lowest BCUT2D eigenvalue weighted by atomic mass is 10.1. The van der Waals surface area contributed by atoms with Crippen LogP contribution in [0.15, 0.2) is 54.7 Å². The molecule has 0 spiro atoms. The zero-order valence-electron chi connectivity index (χ0n) is 21.5. The van der Waals surface area contributed by atoms with Crippen molar-refractivity contribution < 1.29 is 14.3 Å². The average molecular weight is 478 g/mol. The normalized spacial score (nSPS) is 11.1. The summed E-state index contributed by atoms with van der Waals surface area (Å²) in [6.07, 6.45) is 4.63. The first-order chi connectivity index (χ1) is 16.9. The number of fused-ring (bicyclic) bond motifs is 1. The molecule has 0 aliphatic carbocycles. The van der Waals surface area contributed by atoms with Gasteiger partial charge in [0.1, 0.15) is 5.75 Å². The van der Waals surface area contributed by atoms with E-state index in [-0.39, 0.29) is 24.3 Å². The third kappa shape index (κ3) is 7.35. The average Bonchev–Trinajstić information content (AvgIpc) is 3.28. The monoisotopic (exact) mass is 477 g/mol. The van der Waals surface area contributed by atoms with Crippen molar-refractivity contribution in [2.75, 3.05) is 26.2 Å². The summed E-state index contributed by atoms with van der Waals surface area (Å²) in [6, 6.07) is 16.1. The van der Waals surface area contributed by atoms with Gasteiger partial charge in [-0.05, 0) is 49.1 Å². The fourth-order valence-corrected chi connectivity index (χ4v) is 4.21. The summed E-state index contributed by atoms with van der Waals surface area (Å²) >= 11 is 0. The van der Waals surface area contributed by atoms with Crippen molar-refractivity contribution in [1.29, 1.82) is 0 Å². The number of unbranched alkanes of at least 4 members (excludes halogenated alkanes) is 1. The quantitative estimate of drug-likeness (QED) is 0.357. The lowest BCUT2D eigenvalue weighted by Crippen LogP contribution is -2.45. The van der Waals surface area contributed by atoms with Crippen molar-refractivity contribution in [3.05, 3.63) is 65.9 Å². The lowest BCUT2D eigenvalue weighted by Gasteiger charge is -2.29. The molecule has 3 rings (SSSR count). The molecule has 2 amide bonds. The Hall–Kier alpha value is -3.28. The third-order valence-corrected chi connectivity index (χ3v) is 6.20. The molecule has 2 aromatic carbocycles. The smallest absolute Gasteiger partial charge is 0.242 e. The molecule has 1 aromatic heterocycles. The number of nitrogens with one attached hydrogen (secondary N) is 1.